The highest BCUT2D eigenvalue weighted by Gasteiger charge is 2.41. The lowest BCUT2D eigenvalue weighted by atomic mass is 9.74. The maximum Gasteiger partial charge on any atom is 0.309 e. The third-order valence-electron chi connectivity index (χ3n) is 7.07. The number of aliphatic carboxylic acids is 1. The number of hydrogen-bond donors (Lipinski definition) is 9. The monoisotopic (exact) mass is 780 g/mol. The van der Waals surface area contributed by atoms with Gasteiger partial charge in [-0.1, -0.05) is 34.1 Å². The minimum Gasteiger partial charge on any atom is -0.481 e. The molecule has 0 heterocycles. The van der Waals surface area contributed by atoms with Crippen molar-refractivity contribution in [2.75, 3.05) is 36.5 Å². The number of anilines is 1. The van der Waals surface area contributed by atoms with Crippen molar-refractivity contribution >= 4 is 61.4 Å². The van der Waals surface area contributed by atoms with Crippen LogP contribution in [-0.2, 0) is 44.2 Å². The average Bonchev–Trinajstić information content (AvgIpc) is 3.00. The number of benzene rings is 1. The lowest BCUT2D eigenvalue weighted by molar-refractivity contribution is -0.150. The Labute approximate surface area is 304 Å². The molecule has 21 heteroatoms. The zero-order valence-electron chi connectivity index (χ0n) is 30.1. The van der Waals surface area contributed by atoms with E-state index in [0.717, 1.165) is 43.6 Å². The normalized spacial score (nSPS) is 12.9. The molecule has 1 rings (SSSR count). The zero-order chi connectivity index (χ0) is 40.5. The Bertz CT molecular complexity index is 1610. The third kappa shape index (κ3) is 19.9. The van der Waals surface area contributed by atoms with Crippen molar-refractivity contribution in [2.24, 2.45) is 16.6 Å². The van der Waals surface area contributed by atoms with E-state index in [9.17, 15) is 55.3 Å². The number of carboxylic acid groups (broad SMARTS) is 1. The second-order valence-corrected chi connectivity index (χ2v) is 16.1. The van der Waals surface area contributed by atoms with Crippen LogP contribution >= 0.6 is 0 Å². The molecule has 52 heavy (non-hydrogen) atoms. The summed E-state index contributed by atoms with van der Waals surface area (Å²) in [5.74, 6) is -8.79. The van der Waals surface area contributed by atoms with Crippen molar-refractivity contribution < 1.29 is 59.8 Å². The summed E-state index contributed by atoms with van der Waals surface area (Å²) in [5, 5.41) is 21.2. The van der Waals surface area contributed by atoms with E-state index in [0.29, 0.717) is 0 Å². The fraction of sp³-hybridized carbons (Fsp3) is 0.613. The predicted octanol–water partition coefficient (Wildman–Crippen LogP) is -0.101. The molecule has 1 unspecified atom stereocenters. The lowest BCUT2D eigenvalue weighted by Crippen LogP contribution is -2.59. The van der Waals surface area contributed by atoms with Crippen LogP contribution in [-0.4, -0.2) is 110 Å². The van der Waals surface area contributed by atoms with Gasteiger partial charge < -0.3 is 37.4 Å². The number of carbonyl (C=O) groups excluding carboxylic acids is 5. The van der Waals surface area contributed by atoms with Crippen LogP contribution in [0.2, 0.25) is 0 Å². The number of hydrogen-bond acceptors (Lipinski definition) is 11. The number of nitrogens with two attached hydrogens (primary N) is 1. The minimum atomic E-state index is -4.92. The maximum atomic E-state index is 12.8. The molecule has 19 nitrogen and oxygen atoms in total. The molecule has 1 aromatic carbocycles. The smallest absolute Gasteiger partial charge is 0.309 e. The summed E-state index contributed by atoms with van der Waals surface area (Å²) >= 11 is 0. The van der Waals surface area contributed by atoms with Gasteiger partial charge in [-0.3, -0.25) is 37.9 Å². The largest absolute Gasteiger partial charge is 0.481 e. The Morgan fingerprint density at radius 1 is 0.750 bits per heavy atom. The number of amides is 5. The van der Waals surface area contributed by atoms with Gasteiger partial charge in [0.1, 0.15) is 23.6 Å². The van der Waals surface area contributed by atoms with Crippen LogP contribution in [0, 0.1) is 10.8 Å². The van der Waals surface area contributed by atoms with E-state index in [1.54, 1.807) is 0 Å². The van der Waals surface area contributed by atoms with Crippen LogP contribution in [0.15, 0.2) is 24.3 Å². The molecule has 0 aromatic heterocycles. The van der Waals surface area contributed by atoms with Gasteiger partial charge in [-0.05, 0) is 57.4 Å². The third-order valence-corrected chi connectivity index (χ3v) is 8.57. The first-order valence-corrected chi connectivity index (χ1v) is 19.4. The number of rotatable bonds is 21. The summed E-state index contributed by atoms with van der Waals surface area (Å²) in [6.45, 7) is 10.5. The van der Waals surface area contributed by atoms with E-state index < -0.39 is 90.8 Å². The first-order valence-electron chi connectivity index (χ1n) is 16.2. The van der Waals surface area contributed by atoms with E-state index >= 15 is 0 Å². The van der Waals surface area contributed by atoms with Gasteiger partial charge in [0.25, 0.3) is 26.1 Å². The van der Waals surface area contributed by atoms with Crippen molar-refractivity contribution in [1.29, 1.82) is 0 Å². The van der Waals surface area contributed by atoms with Crippen molar-refractivity contribution in [3.8, 4) is 0 Å². The summed E-state index contributed by atoms with van der Waals surface area (Å²) in [6, 6.07) is 3.49. The van der Waals surface area contributed by atoms with Gasteiger partial charge in [0.05, 0.1) is 12.0 Å². The van der Waals surface area contributed by atoms with E-state index in [1.165, 1.54) is 27.7 Å². The summed E-state index contributed by atoms with van der Waals surface area (Å²) < 4.78 is 63.5. The van der Waals surface area contributed by atoms with E-state index in [-0.39, 0.29) is 12.3 Å². The number of unbranched alkanes of at least 4 members (excludes halogenated alkanes) is 1. The Morgan fingerprint density at radius 3 is 1.71 bits per heavy atom. The van der Waals surface area contributed by atoms with E-state index in [1.807, 2.05) is 40.2 Å². The number of carbonyl (C=O) groups is 6. The molecule has 0 aliphatic heterocycles. The molecule has 0 saturated carbocycles. The van der Waals surface area contributed by atoms with Gasteiger partial charge >= 0.3 is 5.97 Å². The molecular weight excluding hydrogens is 729 g/mol. The summed E-state index contributed by atoms with van der Waals surface area (Å²) in [6.07, 6.45) is 2.96. The Kier molecular flexibility index (Phi) is 19.5. The average molecular weight is 781 g/mol. The van der Waals surface area contributed by atoms with E-state index in [4.69, 9.17) is 10.3 Å². The van der Waals surface area contributed by atoms with Gasteiger partial charge in [0, 0.05) is 29.8 Å². The number of nitrogens with one attached hydrogen (secondary N) is 5. The number of primary amides is 1. The molecule has 0 bridgehead atoms. The summed E-state index contributed by atoms with van der Waals surface area (Å²) in [4.78, 5) is 71.5. The van der Waals surface area contributed by atoms with E-state index in [2.05, 4.69) is 24.5 Å². The Morgan fingerprint density at radius 2 is 1.27 bits per heavy atom. The summed E-state index contributed by atoms with van der Waals surface area (Å²) in [5.41, 5.74) is 3.77. The Hall–Kier alpha value is -4.34. The first kappa shape index (κ1) is 47.7. The molecule has 0 radical (unpaired) electrons. The first-order chi connectivity index (χ1) is 23.7. The van der Waals surface area contributed by atoms with Crippen molar-refractivity contribution in [3.05, 3.63) is 29.8 Å². The van der Waals surface area contributed by atoms with Gasteiger partial charge in [0.15, 0.2) is 0 Å². The second kappa shape index (κ2) is 21.2. The van der Waals surface area contributed by atoms with Gasteiger partial charge in [-0.15, -0.1) is 0 Å². The minimum absolute atomic E-state index is 0.0143. The highest BCUT2D eigenvalue weighted by Crippen LogP contribution is 2.34. The number of carboxylic acids is 1. The highest BCUT2D eigenvalue weighted by molar-refractivity contribution is 7.86. The van der Waals surface area contributed by atoms with Crippen LogP contribution in [0.25, 0.3) is 0 Å². The highest BCUT2D eigenvalue weighted by atomic mass is 32.2. The standard InChI is InChI=1S/C17H30N4O12S2.C14H22N2O/c1-16(2,8-17(3,4)15(26)27)14(25)21-10(7-35(31,32)33)13(24)20-9(6-34(28,29)30)12(23)19-5-11(18)22;1-3-5-11-16-14(17)12-6-8-13(9-7-12)15-10-4-2/h9-10H,5-8H2,1-4H3,(H2,18,22)(H,19,23)(H,20,24)(H,21,25)(H,26,27)(H,28,29,30)(H,31,32,33);6-9,15H,3-5,10-11H2,1-2H3,(H,16,17)/t9-,10?;/m0./s1. The fourth-order valence-corrected chi connectivity index (χ4v) is 5.77. The molecule has 1 aromatic rings. The van der Waals surface area contributed by atoms with Crippen molar-refractivity contribution in [3.63, 3.8) is 0 Å². The predicted molar refractivity (Wildman–Crippen MR) is 191 cm³/mol. The van der Waals surface area contributed by atoms with Gasteiger partial charge in [0.2, 0.25) is 23.6 Å². The van der Waals surface area contributed by atoms with Gasteiger partial charge in [-0.25, -0.2) is 0 Å². The molecule has 0 aliphatic carbocycles. The topological polar surface area (TPSA) is 318 Å². The van der Waals surface area contributed by atoms with Crippen LogP contribution in [0.3, 0.4) is 0 Å². The molecule has 2 atom stereocenters. The van der Waals surface area contributed by atoms with Crippen LogP contribution in [0.1, 0.15) is 77.6 Å². The Balaban J connectivity index is 0.00000127. The molecular formula is C31H52N6O13S2. The van der Waals surface area contributed by atoms with Crippen LogP contribution < -0.4 is 32.3 Å². The van der Waals surface area contributed by atoms with Crippen LogP contribution in [0.5, 0.6) is 0 Å². The molecule has 5 amide bonds. The fourth-order valence-electron chi connectivity index (χ4n) is 4.46. The molecule has 0 fully saturated rings. The molecule has 10 N–H and O–H groups in total. The second-order valence-electron chi connectivity index (χ2n) is 13.1. The van der Waals surface area contributed by atoms with Crippen molar-refractivity contribution in [2.45, 2.75) is 79.3 Å². The zero-order valence-corrected chi connectivity index (χ0v) is 31.8. The quantitative estimate of drug-likeness (QED) is 0.0581. The molecule has 0 spiro atoms. The lowest BCUT2D eigenvalue weighted by Gasteiger charge is -2.32. The van der Waals surface area contributed by atoms with Crippen LogP contribution in [0.4, 0.5) is 5.69 Å². The molecule has 0 aliphatic rings. The van der Waals surface area contributed by atoms with Gasteiger partial charge in [-0.2, -0.15) is 16.8 Å². The van der Waals surface area contributed by atoms with Crippen molar-refractivity contribution in [1.82, 2.24) is 21.3 Å². The molecule has 0 saturated heterocycles. The molecule has 296 valence electrons. The SMILES string of the molecule is CC(C)(CC(C)(C)C(=O)NC(CS(=O)(=O)O)C(=O)N[C@@H](CS(=O)(=O)O)C(=O)NCC(N)=O)C(=O)O.CCCCNC(=O)c1ccc(NCCC)cc1. The maximum absolute atomic E-state index is 12.8. The summed E-state index contributed by atoms with van der Waals surface area (Å²) in [7, 11) is -9.81.